The van der Waals surface area contributed by atoms with Crippen molar-refractivity contribution < 1.29 is 8.60 Å². The summed E-state index contributed by atoms with van der Waals surface area (Å²) < 4.78 is 24.4. The molecule has 1 heterocycles. The van der Waals surface area contributed by atoms with Gasteiger partial charge in [0.1, 0.15) is 5.82 Å². The van der Waals surface area contributed by atoms with Gasteiger partial charge in [-0.2, -0.15) is 0 Å². The van der Waals surface area contributed by atoms with Gasteiger partial charge in [0.2, 0.25) is 0 Å². The minimum Gasteiger partial charge on any atom is -0.370 e. The molecule has 1 fully saturated rings. The molecule has 2 N–H and O–H groups in total. The molecule has 3 rings (SSSR count). The highest BCUT2D eigenvalue weighted by Crippen LogP contribution is 2.17. The van der Waals surface area contributed by atoms with Crippen LogP contribution in [0.3, 0.4) is 0 Å². The molecule has 0 spiro atoms. The minimum absolute atomic E-state index is 0. The number of rotatable bonds is 4. The monoisotopic (exact) mass is 502 g/mol. The number of guanidine groups is 1. The van der Waals surface area contributed by atoms with Crippen LogP contribution >= 0.6 is 24.0 Å². The summed E-state index contributed by atoms with van der Waals surface area (Å²) in [5.41, 5.74) is 8.20. The Kier molecular flexibility index (Phi) is 8.03. The molecular formula is C19H24FIN4OS. The summed E-state index contributed by atoms with van der Waals surface area (Å²) in [5.74, 6) is 0.314. The van der Waals surface area contributed by atoms with Crippen molar-refractivity contribution >= 4 is 46.4 Å². The fraction of sp³-hybridized carbons (Fsp3) is 0.316. The average Bonchev–Trinajstić information content (AvgIpc) is 2.67. The number of hydrogen-bond acceptors (Lipinski definition) is 3. The Hall–Kier alpha value is -1.68. The first-order chi connectivity index (χ1) is 12.5. The molecule has 2 aromatic rings. The molecule has 1 atom stereocenters. The van der Waals surface area contributed by atoms with E-state index in [4.69, 9.17) is 5.73 Å². The van der Waals surface area contributed by atoms with E-state index < -0.39 is 10.8 Å². The molecule has 0 aliphatic carbocycles. The van der Waals surface area contributed by atoms with Gasteiger partial charge in [-0.3, -0.25) is 4.21 Å². The molecule has 0 aromatic heterocycles. The fourth-order valence-corrected chi connectivity index (χ4v) is 3.42. The summed E-state index contributed by atoms with van der Waals surface area (Å²) in [6.45, 7) is 3.69. The van der Waals surface area contributed by atoms with Gasteiger partial charge in [-0.15, -0.1) is 24.0 Å². The van der Waals surface area contributed by atoms with Crippen LogP contribution in [0.15, 0.2) is 58.4 Å². The minimum atomic E-state index is -0.969. The van der Waals surface area contributed by atoms with Gasteiger partial charge < -0.3 is 15.5 Å². The third-order valence-corrected chi connectivity index (χ3v) is 5.41. The lowest BCUT2D eigenvalue weighted by molar-refractivity contribution is 0.380. The molecule has 1 aliphatic rings. The summed E-state index contributed by atoms with van der Waals surface area (Å²) in [4.78, 5) is 9.57. The highest BCUT2D eigenvalue weighted by atomic mass is 127. The lowest BCUT2D eigenvalue weighted by atomic mass is 10.2. The quantitative estimate of drug-likeness (QED) is 0.397. The van der Waals surface area contributed by atoms with Crippen molar-refractivity contribution in [1.82, 2.24) is 4.90 Å². The third kappa shape index (κ3) is 5.90. The van der Waals surface area contributed by atoms with Crippen LogP contribution in [0, 0.1) is 5.82 Å². The maximum absolute atomic E-state index is 13.0. The summed E-state index contributed by atoms with van der Waals surface area (Å²) >= 11 is 0. The van der Waals surface area contributed by atoms with Gasteiger partial charge >= 0.3 is 0 Å². The van der Waals surface area contributed by atoms with Crippen LogP contribution in [0.5, 0.6) is 0 Å². The lowest BCUT2D eigenvalue weighted by Crippen LogP contribution is -2.51. The summed E-state index contributed by atoms with van der Waals surface area (Å²) in [6.07, 6.45) is 1.66. The number of nitrogens with zero attached hydrogens (tertiary/aromatic N) is 3. The van der Waals surface area contributed by atoms with Crippen LogP contribution in [-0.4, -0.2) is 47.5 Å². The molecule has 0 saturated carbocycles. The van der Waals surface area contributed by atoms with E-state index in [1.165, 1.54) is 12.1 Å². The maximum Gasteiger partial charge on any atom is 0.191 e. The molecule has 5 nitrogen and oxygen atoms in total. The number of anilines is 1. The van der Waals surface area contributed by atoms with Crippen LogP contribution in [0.4, 0.5) is 10.1 Å². The SMILES string of the molecule is CS(=O)c1ccc(CN=C(N)N2CCN(c3ccc(F)cc3)CC2)cc1.I. The van der Waals surface area contributed by atoms with Gasteiger partial charge in [0.25, 0.3) is 0 Å². The first-order valence-corrected chi connectivity index (χ1v) is 10.1. The van der Waals surface area contributed by atoms with Gasteiger partial charge in [0, 0.05) is 53.8 Å². The Balaban J connectivity index is 0.00000261. The second-order valence-electron chi connectivity index (χ2n) is 6.22. The zero-order valence-electron chi connectivity index (χ0n) is 15.2. The Morgan fingerprint density at radius 2 is 1.67 bits per heavy atom. The normalized spacial score (nSPS) is 16.0. The smallest absolute Gasteiger partial charge is 0.191 e. The molecule has 8 heteroatoms. The van der Waals surface area contributed by atoms with Crippen molar-refractivity contribution in [2.24, 2.45) is 10.7 Å². The third-order valence-electron chi connectivity index (χ3n) is 4.47. The van der Waals surface area contributed by atoms with Gasteiger partial charge in [-0.25, -0.2) is 9.38 Å². The Morgan fingerprint density at radius 3 is 2.22 bits per heavy atom. The molecule has 146 valence electrons. The second-order valence-corrected chi connectivity index (χ2v) is 7.60. The standard InChI is InChI=1S/C19H23FN4OS.HI/c1-26(25)18-8-2-15(3-9-18)14-22-19(21)24-12-10-23(11-13-24)17-6-4-16(20)5-7-17;/h2-9H,10-14H2,1H3,(H2,21,22);1H. The zero-order chi connectivity index (χ0) is 18.5. The van der Waals surface area contributed by atoms with E-state index in [9.17, 15) is 8.60 Å². The largest absolute Gasteiger partial charge is 0.370 e. The first-order valence-electron chi connectivity index (χ1n) is 8.50. The summed E-state index contributed by atoms with van der Waals surface area (Å²) in [6, 6.07) is 14.1. The van der Waals surface area contributed by atoms with Crippen molar-refractivity contribution in [1.29, 1.82) is 0 Å². The Bertz CT molecular complexity index is 790. The second kappa shape index (κ2) is 10.0. The Labute approximate surface area is 178 Å². The number of benzene rings is 2. The van der Waals surface area contributed by atoms with Gasteiger partial charge in [0.05, 0.1) is 6.54 Å². The molecule has 0 radical (unpaired) electrons. The average molecular weight is 502 g/mol. The van der Waals surface area contributed by atoms with Crippen LogP contribution in [-0.2, 0) is 17.3 Å². The number of nitrogens with two attached hydrogens (primary N) is 1. The van der Waals surface area contributed by atoms with Crippen LogP contribution in [0.25, 0.3) is 0 Å². The molecule has 2 aromatic carbocycles. The van der Waals surface area contributed by atoms with Crippen molar-refractivity contribution in [3.8, 4) is 0 Å². The summed E-state index contributed by atoms with van der Waals surface area (Å²) in [7, 11) is -0.969. The van der Waals surface area contributed by atoms with Crippen molar-refractivity contribution in [3.05, 3.63) is 59.9 Å². The van der Waals surface area contributed by atoms with Crippen LogP contribution < -0.4 is 10.6 Å². The van der Waals surface area contributed by atoms with E-state index in [1.807, 2.05) is 24.3 Å². The predicted molar refractivity (Wildman–Crippen MR) is 120 cm³/mol. The van der Waals surface area contributed by atoms with Crippen molar-refractivity contribution in [2.45, 2.75) is 11.4 Å². The molecular weight excluding hydrogens is 478 g/mol. The molecule has 1 saturated heterocycles. The molecule has 27 heavy (non-hydrogen) atoms. The van der Waals surface area contributed by atoms with Crippen LogP contribution in [0.2, 0.25) is 0 Å². The van der Waals surface area contributed by atoms with Gasteiger partial charge in [-0.1, -0.05) is 12.1 Å². The lowest BCUT2D eigenvalue weighted by Gasteiger charge is -2.36. The number of hydrogen-bond donors (Lipinski definition) is 1. The van der Waals surface area contributed by atoms with E-state index in [0.29, 0.717) is 12.5 Å². The predicted octanol–water partition coefficient (Wildman–Crippen LogP) is 2.82. The van der Waals surface area contributed by atoms with Crippen molar-refractivity contribution in [3.63, 3.8) is 0 Å². The van der Waals surface area contributed by atoms with E-state index in [-0.39, 0.29) is 29.8 Å². The fourth-order valence-electron chi connectivity index (χ4n) is 2.90. The van der Waals surface area contributed by atoms with Crippen LogP contribution in [0.1, 0.15) is 5.56 Å². The van der Waals surface area contributed by atoms with E-state index in [2.05, 4.69) is 14.8 Å². The van der Waals surface area contributed by atoms with Gasteiger partial charge in [-0.05, 0) is 42.0 Å². The summed E-state index contributed by atoms with van der Waals surface area (Å²) in [5, 5.41) is 0. The zero-order valence-corrected chi connectivity index (χ0v) is 18.3. The first kappa shape index (κ1) is 21.6. The maximum atomic E-state index is 13.0. The van der Waals surface area contributed by atoms with E-state index >= 15 is 0 Å². The number of piperazine rings is 1. The Morgan fingerprint density at radius 1 is 1.07 bits per heavy atom. The number of aliphatic imine (C=N–C) groups is 1. The van der Waals surface area contributed by atoms with E-state index in [1.54, 1.807) is 18.4 Å². The van der Waals surface area contributed by atoms with Crippen molar-refractivity contribution in [2.75, 3.05) is 37.3 Å². The number of halogens is 2. The highest BCUT2D eigenvalue weighted by molar-refractivity contribution is 14.0. The van der Waals surface area contributed by atoms with Gasteiger partial charge in [0.15, 0.2) is 5.96 Å². The molecule has 1 aliphatic heterocycles. The molecule has 1 unspecified atom stereocenters. The van der Waals surface area contributed by atoms with E-state index in [0.717, 1.165) is 42.3 Å². The topological polar surface area (TPSA) is 61.9 Å². The highest BCUT2D eigenvalue weighted by Gasteiger charge is 2.18. The molecule has 0 bridgehead atoms. The molecule has 0 amide bonds.